The molecular formula is C16H21N3O2S. The molecule has 0 bridgehead atoms. The molecule has 0 aliphatic carbocycles. The summed E-state index contributed by atoms with van der Waals surface area (Å²) in [5.41, 5.74) is 2.89. The molecule has 1 aromatic carbocycles. The first-order valence-electron chi connectivity index (χ1n) is 7.38. The summed E-state index contributed by atoms with van der Waals surface area (Å²) in [5.74, 6) is -0.297. The van der Waals surface area contributed by atoms with Crippen molar-refractivity contribution >= 4 is 34.4 Å². The molecule has 2 N–H and O–H groups in total. The maximum Gasteiger partial charge on any atom is 0.240 e. The minimum Gasteiger partial charge on any atom is -0.326 e. The average molecular weight is 319 g/mol. The van der Waals surface area contributed by atoms with Gasteiger partial charge in [0.05, 0.1) is 0 Å². The Morgan fingerprint density at radius 2 is 2.18 bits per heavy atom. The number of nitrogens with one attached hydrogen (secondary N) is 2. The number of aliphatic imine (C=N–C) groups is 1. The van der Waals surface area contributed by atoms with Crippen LogP contribution in [0.2, 0.25) is 0 Å². The molecule has 1 unspecified atom stereocenters. The van der Waals surface area contributed by atoms with Gasteiger partial charge < -0.3 is 10.6 Å². The quantitative estimate of drug-likeness (QED) is 0.876. The highest BCUT2D eigenvalue weighted by Gasteiger charge is 2.31. The van der Waals surface area contributed by atoms with Crippen LogP contribution in [0.1, 0.15) is 30.9 Å². The van der Waals surface area contributed by atoms with Crippen molar-refractivity contribution in [1.29, 1.82) is 0 Å². The molecule has 0 aromatic heterocycles. The number of amidine groups is 1. The number of aryl methyl sites for hydroxylation is 2. The fourth-order valence-corrected chi connectivity index (χ4v) is 3.06. The van der Waals surface area contributed by atoms with E-state index in [1.54, 1.807) is 0 Å². The second-order valence-corrected chi connectivity index (χ2v) is 6.54. The van der Waals surface area contributed by atoms with Crippen molar-refractivity contribution in [3.05, 3.63) is 29.3 Å². The average Bonchev–Trinajstić information content (AvgIpc) is 2.81. The highest BCUT2D eigenvalue weighted by molar-refractivity contribution is 8.15. The normalized spacial score (nSPS) is 19.3. The molecule has 2 rings (SSSR count). The summed E-state index contributed by atoms with van der Waals surface area (Å²) in [5, 5.41) is 5.83. The topological polar surface area (TPSA) is 70.6 Å². The van der Waals surface area contributed by atoms with Crippen LogP contribution in [0.4, 0.5) is 5.69 Å². The molecule has 2 amide bonds. The van der Waals surface area contributed by atoms with Gasteiger partial charge in [0.1, 0.15) is 5.25 Å². The lowest BCUT2D eigenvalue weighted by Gasteiger charge is -2.10. The monoisotopic (exact) mass is 319 g/mol. The van der Waals surface area contributed by atoms with E-state index in [9.17, 15) is 9.59 Å². The molecular weight excluding hydrogens is 298 g/mol. The van der Waals surface area contributed by atoms with Crippen LogP contribution in [0.15, 0.2) is 23.2 Å². The molecule has 118 valence electrons. The van der Waals surface area contributed by atoms with Crippen molar-refractivity contribution in [2.24, 2.45) is 4.99 Å². The lowest BCUT2D eigenvalue weighted by atomic mass is 10.1. The molecule has 6 heteroatoms. The largest absolute Gasteiger partial charge is 0.326 e. The molecule has 1 atom stereocenters. The highest BCUT2D eigenvalue weighted by Crippen LogP contribution is 2.24. The van der Waals surface area contributed by atoms with Crippen LogP contribution >= 0.6 is 11.8 Å². The Labute approximate surface area is 135 Å². The number of hydrogen-bond acceptors (Lipinski definition) is 4. The Kier molecular flexibility index (Phi) is 5.60. The van der Waals surface area contributed by atoms with Crippen molar-refractivity contribution in [3.8, 4) is 0 Å². The number of carbonyl (C=O) groups is 2. The highest BCUT2D eigenvalue weighted by atomic mass is 32.2. The summed E-state index contributed by atoms with van der Waals surface area (Å²) < 4.78 is 0. The minimum atomic E-state index is -0.402. The first-order valence-corrected chi connectivity index (χ1v) is 8.26. The molecule has 5 nitrogen and oxygen atoms in total. The Morgan fingerprint density at radius 3 is 2.91 bits per heavy atom. The minimum absolute atomic E-state index is 0.143. The number of amides is 2. The molecule has 0 radical (unpaired) electrons. The van der Waals surface area contributed by atoms with Gasteiger partial charge in [-0.2, -0.15) is 0 Å². The van der Waals surface area contributed by atoms with Crippen LogP contribution < -0.4 is 10.6 Å². The van der Waals surface area contributed by atoms with Gasteiger partial charge in [0.2, 0.25) is 11.8 Å². The molecule has 1 saturated heterocycles. The Morgan fingerprint density at radius 1 is 1.41 bits per heavy atom. The van der Waals surface area contributed by atoms with E-state index in [-0.39, 0.29) is 18.2 Å². The van der Waals surface area contributed by atoms with E-state index in [2.05, 4.69) is 15.6 Å². The summed E-state index contributed by atoms with van der Waals surface area (Å²) in [4.78, 5) is 28.3. The SMILES string of the molecule is CCCN=C1NC(=O)C(CC(=O)Nc2cc(C)ccc2C)S1. The zero-order valence-corrected chi connectivity index (χ0v) is 13.9. The fraction of sp³-hybridized carbons (Fsp3) is 0.438. The van der Waals surface area contributed by atoms with Crippen LogP contribution in [0.5, 0.6) is 0 Å². The number of thioether (sulfide) groups is 1. The Balaban J connectivity index is 1.95. The number of carbonyl (C=O) groups excluding carboxylic acids is 2. The Bertz CT molecular complexity index is 613. The second-order valence-electron chi connectivity index (χ2n) is 5.35. The van der Waals surface area contributed by atoms with E-state index < -0.39 is 5.25 Å². The third-order valence-corrected chi connectivity index (χ3v) is 4.41. The molecule has 1 aromatic rings. The van der Waals surface area contributed by atoms with Gasteiger partial charge in [-0.25, -0.2) is 0 Å². The van der Waals surface area contributed by atoms with Gasteiger partial charge >= 0.3 is 0 Å². The van der Waals surface area contributed by atoms with Gasteiger partial charge in [0.25, 0.3) is 0 Å². The van der Waals surface area contributed by atoms with Crippen molar-refractivity contribution in [2.45, 2.75) is 38.9 Å². The summed E-state index contributed by atoms with van der Waals surface area (Å²) in [6, 6.07) is 5.91. The van der Waals surface area contributed by atoms with Crippen LogP contribution in [0, 0.1) is 13.8 Å². The number of rotatable bonds is 5. The van der Waals surface area contributed by atoms with Crippen molar-refractivity contribution in [3.63, 3.8) is 0 Å². The van der Waals surface area contributed by atoms with Crippen molar-refractivity contribution < 1.29 is 9.59 Å². The first kappa shape index (κ1) is 16.5. The molecule has 22 heavy (non-hydrogen) atoms. The lowest BCUT2D eigenvalue weighted by molar-refractivity contribution is -0.122. The zero-order valence-electron chi connectivity index (χ0n) is 13.1. The Hall–Kier alpha value is -1.82. The van der Waals surface area contributed by atoms with E-state index >= 15 is 0 Å². The summed E-state index contributed by atoms with van der Waals surface area (Å²) in [7, 11) is 0. The van der Waals surface area contributed by atoms with Crippen molar-refractivity contribution in [1.82, 2.24) is 5.32 Å². The number of anilines is 1. The van der Waals surface area contributed by atoms with E-state index in [1.807, 2.05) is 39.0 Å². The smallest absolute Gasteiger partial charge is 0.240 e. The van der Waals surface area contributed by atoms with Gasteiger partial charge in [-0.05, 0) is 37.5 Å². The maximum atomic E-state index is 12.2. The lowest BCUT2D eigenvalue weighted by Crippen LogP contribution is -2.28. The van der Waals surface area contributed by atoms with Crippen LogP contribution in [-0.4, -0.2) is 28.8 Å². The van der Waals surface area contributed by atoms with E-state index in [0.717, 1.165) is 23.2 Å². The third kappa shape index (κ3) is 4.34. The van der Waals surface area contributed by atoms with Gasteiger partial charge in [-0.3, -0.25) is 14.6 Å². The van der Waals surface area contributed by atoms with Crippen molar-refractivity contribution in [2.75, 3.05) is 11.9 Å². The maximum absolute atomic E-state index is 12.2. The number of hydrogen-bond donors (Lipinski definition) is 2. The fourth-order valence-electron chi connectivity index (χ4n) is 2.07. The van der Waals surface area contributed by atoms with Crippen LogP contribution in [0.25, 0.3) is 0 Å². The number of nitrogens with zero attached hydrogens (tertiary/aromatic N) is 1. The molecule has 1 aliphatic heterocycles. The number of benzene rings is 1. The standard InChI is InChI=1S/C16H21N3O2S/c1-4-7-17-16-19-15(21)13(22-16)9-14(20)18-12-8-10(2)5-6-11(12)3/h5-6,8,13H,4,7,9H2,1-3H3,(H,18,20)(H,17,19,21). The summed E-state index contributed by atoms with van der Waals surface area (Å²) in [6.45, 7) is 6.64. The predicted octanol–water partition coefficient (Wildman–Crippen LogP) is 2.63. The molecule has 1 fully saturated rings. The van der Waals surface area contributed by atoms with Gasteiger partial charge in [0.15, 0.2) is 5.17 Å². The first-order chi connectivity index (χ1) is 10.5. The summed E-state index contributed by atoms with van der Waals surface area (Å²) in [6.07, 6.45) is 1.08. The van der Waals surface area contributed by atoms with E-state index in [1.165, 1.54) is 11.8 Å². The van der Waals surface area contributed by atoms with Gasteiger partial charge in [0, 0.05) is 18.7 Å². The van der Waals surface area contributed by atoms with E-state index in [0.29, 0.717) is 11.7 Å². The van der Waals surface area contributed by atoms with Crippen LogP contribution in [0.3, 0.4) is 0 Å². The third-order valence-electron chi connectivity index (χ3n) is 3.29. The zero-order chi connectivity index (χ0) is 16.1. The second kappa shape index (κ2) is 7.45. The molecule has 0 saturated carbocycles. The van der Waals surface area contributed by atoms with E-state index in [4.69, 9.17) is 0 Å². The molecule has 1 aliphatic rings. The summed E-state index contributed by atoms with van der Waals surface area (Å²) >= 11 is 1.33. The van der Waals surface area contributed by atoms with Crippen LogP contribution in [-0.2, 0) is 9.59 Å². The molecule has 0 spiro atoms. The van der Waals surface area contributed by atoms with Gasteiger partial charge in [-0.15, -0.1) is 0 Å². The van der Waals surface area contributed by atoms with Gasteiger partial charge in [-0.1, -0.05) is 30.8 Å². The molecule has 1 heterocycles. The predicted molar refractivity (Wildman–Crippen MR) is 91.3 cm³/mol.